The summed E-state index contributed by atoms with van der Waals surface area (Å²) in [6, 6.07) is 9.30. The molecule has 1 aliphatic heterocycles. The Morgan fingerprint density at radius 1 is 1.31 bits per heavy atom. The zero-order chi connectivity index (χ0) is 20.4. The molecule has 8 nitrogen and oxygen atoms in total. The number of β-amino-alcohol motifs (C(OH)–C–C–N with tert-alkyl or cyclic N) is 1. The van der Waals surface area contributed by atoms with Gasteiger partial charge in [0.05, 0.1) is 35.8 Å². The third kappa shape index (κ3) is 4.39. The molecule has 4 heterocycles. The zero-order valence-corrected chi connectivity index (χ0v) is 17.9. The van der Waals surface area contributed by atoms with Gasteiger partial charge in [0, 0.05) is 23.1 Å². The van der Waals surface area contributed by atoms with Crippen LogP contribution in [0, 0.1) is 0 Å². The third-order valence-electron chi connectivity index (χ3n) is 4.50. The molecule has 0 spiro atoms. The van der Waals surface area contributed by atoms with Crippen LogP contribution in [0.25, 0.3) is 5.57 Å². The van der Waals surface area contributed by atoms with Crippen molar-refractivity contribution < 1.29 is 9.84 Å². The Balaban J connectivity index is 1.52. The number of nitrogens with zero attached hydrogens (tertiary/aromatic N) is 5. The minimum Gasteiger partial charge on any atom is -0.481 e. The van der Waals surface area contributed by atoms with Crippen LogP contribution in [0.2, 0.25) is 0 Å². The van der Waals surface area contributed by atoms with Gasteiger partial charge in [-0.3, -0.25) is 4.57 Å². The monoisotopic (exact) mass is 475 g/mol. The number of pyridine rings is 1. The van der Waals surface area contributed by atoms with Gasteiger partial charge >= 0.3 is 5.69 Å². The number of halogens is 1. The lowest BCUT2D eigenvalue weighted by atomic mass is 10.0. The highest BCUT2D eigenvalue weighted by molar-refractivity contribution is 9.11. The Bertz CT molecular complexity index is 1110. The average molecular weight is 476 g/mol. The topological polar surface area (TPSA) is 93.4 Å². The van der Waals surface area contributed by atoms with Gasteiger partial charge in [0.15, 0.2) is 0 Å². The minimum atomic E-state index is -0.780. The second-order valence-corrected chi connectivity index (χ2v) is 8.97. The molecule has 0 unspecified atom stereocenters. The van der Waals surface area contributed by atoms with Crippen LogP contribution in [0.15, 0.2) is 51.3 Å². The van der Waals surface area contributed by atoms with Gasteiger partial charge in [0.1, 0.15) is 6.33 Å². The highest BCUT2D eigenvalue weighted by Gasteiger charge is 2.24. The predicted molar refractivity (Wildman–Crippen MR) is 114 cm³/mol. The Morgan fingerprint density at radius 2 is 2.17 bits per heavy atom. The molecule has 0 aromatic carbocycles. The number of hydrogen-bond donors (Lipinski definition) is 1. The largest absolute Gasteiger partial charge is 0.481 e. The standard InChI is InChI=1S/C19H18BrN5O3S/c1-28-17-4-2-3-14(22-17)13-7-8-24(10-15(13)26)18-21-11-25(19(27)23-18)9-12-5-6-16(20)29-12/h2-7,11,15,26H,8-10H2,1H3/t15-/m0/s1. The van der Waals surface area contributed by atoms with Gasteiger partial charge in [-0.1, -0.05) is 12.1 Å². The van der Waals surface area contributed by atoms with Gasteiger partial charge < -0.3 is 14.7 Å². The van der Waals surface area contributed by atoms with Gasteiger partial charge in [-0.2, -0.15) is 4.98 Å². The van der Waals surface area contributed by atoms with E-state index in [-0.39, 0.29) is 12.2 Å². The maximum atomic E-state index is 12.4. The van der Waals surface area contributed by atoms with Crippen molar-refractivity contribution >= 4 is 38.8 Å². The van der Waals surface area contributed by atoms with Crippen molar-refractivity contribution in [3.05, 3.63) is 67.6 Å². The molecule has 29 heavy (non-hydrogen) atoms. The summed E-state index contributed by atoms with van der Waals surface area (Å²) in [4.78, 5) is 28.0. The lowest BCUT2D eigenvalue weighted by Crippen LogP contribution is -2.40. The van der Waals surface area contributed by atoms with Gasteiger partial charge in [-0.15, -0.1) is 11.3 Å². The van der Waals surface area contributed by atoms with E-state index in [1.165, 1.54) is 10.9 Å². The summed E-state index contributed by atoms with van der Waals surface area (Å²) < 4.78 is 7.62. The summed E-state index contributed by atoms with van der Waals surface area (Å²) >= 11 is 4.98. The van der Waals surface area contributed by atoms with Crippen molar-refractivity contribution in [2.45, 2.75) is 12.6 Å². The first-order valence-electron chi connectivity index (χ1n) is 8.85. The number of aromatic nitrogens is 4. The van der Waals surface area contributed by atoms with Crippen molar-refractivity contribution in [2.24, 2.45) is 0 Å². The number of hydrogen-bond acceptors (Lipinski definition) is 8. The molecule has 1 N–H and O–H groups in total. The number of ether oxygens (including phenoxy) is 1. The molecule has 0 radical (unpaired) electrons. The van der Waals surface area contributed by atoms with Gasteiger partial charge in [-0.25, -0.2) is 14.8 Å². The van der Waals surface area contributed by atoms with Crippen LogP contribution < -0.4 is 15.3 Å². The number of methoxy groups -OCH3 is 1. The molecular formula is C19H18BrN5O3S. The molecule has 0 bridgehead atoms. The summed E-state index contributed by atoms with van der Waals surface area (Å²) in [5.41, 5.74) is 1.00. The summed E-state index contributed by atoms with van der Waals surface area (Å²) in [6.45, 7) is 1.15. The van der Waals surface area contributed by atoms with Crippen LogP contribution in [0.1, 0.15) is 10.6 Å². The molecule has 1 atom stereocenters. The lowest BCUT2D eigenvalue weighted by Gasteiger charge is -2.30. The number of anilines is 1. The molecule has 0 saturated carbocycles. The Labute approximate surface area is 179 Å². The highest BCUT2D eigenvalue weighted by atomic mass is 79.9. The molecule has 0 fully saturated rings. The van der Waals surface area contributed by atoms with Crippen LogP contribution in [0.3, 0.4) is 0 Å². The number of thiophene rings is 1. The van der Waals surface area contributed by atoms with E-state index in [4.69, 9.17) is 4.74 Å². The highest BCUT2D eigenvalue weighted by Crippen LogP contribution is 2.25. The maximum absolute atomic E-state index is 12.4. The van der Waals surface area contributed by atoms with E-state index in [9.17, 15) is 9.90 Å². The smallest absolute Gasteiger partial charge is 0.352 e. The van der Waals surface area contributed by atoms with Crippen LogP contribution >= 0.6 is 27.3 Å². The Kier molecular flexibility index (Phi) is 5.74. The van der Waals surface area contributed by atoms with Crippen LogP contribution in [0.5, 0.6) is 5.88 Å². The van der Waals surface area contributed by atoms with Crippen molar-refractivity contribution in [3.8, 4) is 5.88 Å². The van der Waals surface area contributed by atoms with Crippen molar-refractivity contribution in [1.82, 2.24) is 19.5 Å². The van der Waals surface area contributed by atoms with E-state index < -0.39 is 6.10 Å². The first-order chi connectivity index (χ1) is 14.0. The molecule has 0 amide bonds. The van der Waals surface area contributed by atoms with Crippen LogP contribution in [-0.4, -0.2) is 50.9 Å². The van der Waals surface area contributed by atoms with E-state index in [1.54, 1.807) is 29.4 Å². The van der Waals surface area contributed by atoms with E-state index in [0.29, 0.717) is 30.6 Å². The molecule has 0 aliphatic carbocycles. The molecular weight excluding hydrogens is 458 g/mol. The second kappa shape index (κ2) is 8.44. The normalized spacial score (nSPS) is 16.6. The molecule has 3 aromatic heterocycles. The quantitative estimate of drug-likeness (QED) is 0.604. The fourth-order valence-electron chi connectivity index (χ4n) is 3.07. The summed E-state index contributed by atoms with van der Waals surface area (Å²) in [5, 5.41) is 10.6. The summed E-state index contributed by atoms with van der Waals surface area (Å²) in [6.07, 6.45) is 2.58. The fraction of sp³-hybridized carbons (Fsp3) is 0.263. The number of rotatable bonds is 5. The molecule has 3 aromatic rings. The van der Waals surface area contributed by atoms with Crippen LogP contribution in [-0.2, 0) is 6.54 Å². The number of aliphatic hydroxyl groups excluding tert-OH is 1. The predicted octanol–water partition coefficient (Wildman–Crippen LogP) is 2.18. The summed E-state index contributed by atoms with van der Waals surface area (Å²) in [7, 11) is 1.55. The van der Waals surface area contributed by atoms with E-state index >= 15 is 0 Å². The second-order valence-electron chi connectivity index (χ2n) is 6.42. The van der Waals surface area contributed by atoms with Crippen molar-refractivity contribution in [2.75, 3.05) is 25.1 Å². The van der Waals surface area contributed by atoms with Gasteiger partial charge in [0.2, 0.25) is 11.8 Å². The molecule has 150 valence electrons. The minimum absolute atomic E-state index is 0.270. The molecule has 0 saturated heterocycles. The first-order valence-corrected chi connectivity index (χ1v) is 10.5. The molecule has 10 heteroatoms. The van der Waals surface area contributed by atoms with Gasteiger partial charge in [0.25, 0.3) is 0 Å². The van der Waals surface area contributed by atoms with E-state index in [1.807, 2.05) is 30.3 Å². The Morgan fingerprint density at radius 3 is 2.86 bits per heavy atom. The summed E-state index contributed by atoms with van der Waals surface area (Å²) in [5.74, 6) is 0.786. The van der Waals surface area contributed by atoms with Crippen molar-refractivity contribution in [1.29, 1.82) is 0 Å². The maximum Gasteiger partial charge on any atom is 0.352 e. The zero-order valence-electron chi connectivity index (χ0n) is 15.5. The molecule has 4 rings (SSSR count). The first kappa shape index (κ1) is 19.7. The van der Waals surface area contributed by atoms with Gasteiger partial charge in [-0.05, 0) is 34.1 Å². The SMILES string of the molecule is COc1cccc(C2=CCN(c3ncn(Cc4ccc(Br)s4)c(=O)n3)C[C@@H]2O)n1. The molecule has 1 aliphatic rings. The Hall–Kier alpha value is -2.56. The number of aliphatic hydroxyl groups is 1. The van der Waals surface area contributed by atoms with E-state index in [2.05, 4.69) is 30.9 Å². The van der Waals surface area contributed by atoms with E-state index in [0.717, 1.165) is 14.2 Å². The average Bonchev–Trinajstić information content (AvgIpc) is 3.14. The third-order valence-corrected chi connectivity index (χ3v) is 6.11. The lowest BCUT2D eigenvalue weighted by molar-refractivity contribution is 0.233. The fourth-order valence-corrected chi connectivity index (χ4v) is 4.55. The van der Waals surface area contributed by atoms with Crippen LogP contribution in [0.4, 0.5) is 5.95 Å². The van der Waals surface area contributed by atoms with Crippen molar-refractivity contribution in [3.63, 3.8) is 0 Å².